The smallest absolute Gasteiger partial charge is 0.226 e. The molecule has 0 unspecified atom stereocenters. The number of fused-ring (bicyclic) bond motifs is 2. The van der Waals surface area contributed by atoms with Crippen molar-refractivity contribution < 1.29 is 9.90 Å². The molecule has 3 aliphatic rings. The minimum Gasteiger partial charge on any atom is -0.393 e. The van der Waals surface area contributed by atoms with Crippen LogP contribution < -0.4 is 0 Å². The summed E-state index contributed by atoms with van der Waals surface area (Å²) in [5.74, 6) is 0.768. The maximum atomic E-state index is 12.7. The quantitative estimate of drug-likeness (QED) is 0.463. The van der Waals surface area contributed by atoms with Crippen molar-refractivity contribution in [1.29, 1.82) is 0 Å². The van der Waals surface area contributed by atoms with Crippen LogP contribution in [-0.2, 0) is 30.8 Å². The molecule has 2 N–H and O–H groups in total. The molecule has 0 spiro atoms. The van der Waals surface area contributed by atoms with E-state index < -0.39 is 0 Å². The molecule has 0 saturated heterocycles. The van der Waals surface area contributed by atoms with Gasteiger partial charge in [0.1, 0.15) is 11.4 Å². The third-order valence-corrected chi connectivity index (χ3v) is 7.59. The number of rotatable bonds is 4. The van der Waals surface area contributed by atoms with E-state index in [1.807, 2.05) is 42.3 Å². The second-order valence-corrected chi connectivity index (χ2v) is 10.1. The molecule has 0 aromatic carbocycles. The first-order valence-electron chi connectivity index (χ1n) is 12.6. The van der Waals surface area contributed by atoms with Gasteiger partial charge in [0.2, 0.25) is 5.91 Å². The Morgan fingerprint density at radius 3 is 2.83 bits per heavy atom. The van der Waals surface area contributed by atoms with E-state index in [2.05, 4.69) is 20.7 Å². The topological polar surface area (TPSA) is 113 Å². The predicted molar refractivity (Wildman–Crippen MR) is 132 cm³/mol. The van der Waals surface area contributed by atoms with Gasteiger partial charge in [-0.15, -0.1) is 0 Å². The molecule has 1 saturated carbocycles. The third-order valence-electron chi connectivity index (χ3n) is 7.59. The number of nitrogens with zero attached hydrogens (tertiary/aromatic N) is 6. The molecule has 9 heteroatoms. The number of hydrogen-bond acceptors (Lipinski definition) is 6. The molecule has 2 aliphatic heterocycles. The average Bonchev–Trinajstić information content (AvgIpc) is 3.61. The lowest BCUT2D eigenvalue weighted by Gasteiger charge is -2.33. The number of hydrogen-bond donors (Lipinski definition) is 2. The number of H-pyrrole nitrogens is 1. The van der Waals surface area contributed by atoms with Crippen LogP contribution in [0, 0.1) is 12.8 Å². The lowest BCUT2D eigenvalue weighted by molar-refractivity contribution is -0.143. The molecule has 4 aromatic heterocycles. The first kappa shape index (κ1) is 21.4. The lowest BCUT2D eigenvalue weighted by Crippen LogP contribution is -2.41. The summed E-state index contributed by atoms with van der Waals surface area (Å²) in [6.45, 7) is 3.94. The van der Waals surface area contributed by atoms with Gasteiger partial charge in [0.05, 0.1) is 36.3 Å². The Hall–Kier alpha value is -3.85. The van der Waals surface area contributed by atoms with Crippen LogP contribution in [-0.4, -0.2) is 51.7 Å². The summed E-state index contributed by atoms with van der Waals surface area (Å²) in [4.78, 5) is 32.1. The molecule has 9 nitrogen and oxygen atoms in total. The summed E-state index contributed by atoms with van der Waals surface area (Å²) in [6.07, 6.45) is 4.70. The molecule has 6 heterocycles. The Kier molecular flexibility index (Phi) is 4.82. The van der Waals surface area contributed by atoms with Crippen molar-refractivity contribution >= 4 is 5.91 Å². The van der Waals surface area contributed by atoms with E-state index in [4.69, 9.17) is 15.1 Å². The third kappa shape index (κ3) is 3.45. The first-order chi connectivity index (χ1) is 17.5. The van der Waals surface area contributed by atoms with Gasteiger partial charge in [0, 0.05) is 35.6 Å². The second-order valence-electron chi connectivity index (χ2n) is 10.1. The van der Waals surface area contributed by atoms with E-state index >= 15 is 0 Å². The number of aromatic amines is 1. The number of carbonyl (C=O) groups is 1. The summed E-state index contributed by atoms with van der Waals surface area (Å²) in [6, 6.07) is 10.1. The van der Waals surface area contributed by atoms with Gasteiger partial charge in [-0.2, -0.15) is 5.10 Å². The van der Waals surface area contributed by atoms with Crippen LogP contribution in [0.25, 0.3) is 34.0 Å². The largest absolute Gasteiger partial charge is 0.393 e. The highest BCUT2D eigenvalue weighted by molar-refractivity contribution is 5.83. The van der Waals surface area contributed by atoms with E-state index in [0.717, 1.165) is 64.7 Å². The van der Waals surface area contributed by atoms with Gasteiger partial charge in [-0.1, -0.05) is 6.07 Å². The number of aliphatic hydroxyl groups excluding tert-OH is 1. The van der Waals surface area contributed by atoms with Crippen LogP contribution in [0.3, 0.4) is 0 Å². The fourth-order valence-electron chi connectivity index (χ4n) is 5.66. The molecule has 4 aromatic rings. The van der Waals surface area contributed by atoms with Crippen molar-refractivity contribution in [2.45, 2.75) is 58.3 Å². The summed E-state index contributed by atoms with van der Waals surface area (Å²) in [5.41, 5.74) is 8.78. The maximum Gasteiger partial charge on any atom is 0.226 e. The summed E-state index contributed by atoms with van der Waals surface area (Å²) >= 11 is 0. The second kappa shape index (κ2) is 8.09. The Morgan fingerprint density at radius 2 is 2.03 bits per heavy atom. The molecule has 1 fully saturated rings. The van der Waals surface area contributed by atoms with Crippen molar-refractivity contribution in [2.75, 3.05) is 0 Å². The lowest BCUT2D eigenvalue weighted by atomic mass is 9.81. The highest BCUT2D eigenvalue weighted by Gasteiger charge is 2.38. The molecule has 182 valence electrons. The van der Waals surface area contributed by atoms with Gasteiger partial charge in [-0.3, -0.25) is 19.4 Å². The number of amides is 1. The fourth-order valence-corrected chi connectivity index (χ4v) is 5.66. The van der Waals surface area contributed by atoms with Gasteiger partial charge in [-0.25, -0.2) is 4.98 Å². The maximum absolute atomic E-state index is 12.7. The van der Waals surface area contributed by atoms with Gasteiger partial charge in [0.25, 0.3) is 0 Å². The molecule has 0 atom stereocenters. The van der Waals surface area contributed by atoms with Crippen LogP contribution in [0.2, 0.25) is 0 Å². The normalized spacial score (nSPS) is 20.3. The Balaban J connectivity index is 1.20. The van der Waals surface area contributed by atoms with Gasteiger partial charge in [-0.05, 0) is 62.4 Å². The zero-order chi connectivity index (χ0) is 24.4. The van der Waals surface area contributed by atoms with Crippen molar-refractivity contribution in [3.05, 3.63) is 59.3 Å². The minimum atomic E-state index is -0.332. The number of nitrogens with one attached hydrogen (secondary N) is 1. The summed E-state index contributed by atoms with van der Waals surface area (Å²) in [7, 11) is 0. The van der Waals surface area contributed by atoms with Crippen molar-refractivity contribution in [3.63, 3.8) is 0 Å². The number of aryl methyl sites for hydroxylation is 2. The molecule has 7 rings (SSSR count). The van der Waals surface area contributed by atoms with E-state index in [-0.39, 0.29) is 17.9 Å². The highest BCUT2D eigenvalue weighted by Crippen LogP contribution is 2.38. The van der Waals surface area contributed by atoms with E-state index in [9.17, 15) is 9.90 Å². The van der Waals surface area contributed by atoms with Crippen LogP contribution >= 0.6 is 0 Å². The number of aromatic nitrogens is 6. The first-order valence-corrected chi connectivity index (χ1v) is 12.6. The fraction of sp³-hybridized carbons (Fsp3) is 0.370. The number of imidazole rings is 1. The average molecular weight is 482 g/mol. The molecular formula is C27H27N7O2. The molecule has 1 aliphatic carbocycles. The number of carbonyl (C=O) groups excluding carboxylic acids is 1. The summed E-state index contributed by atoms with van der Waals surface area (Å²) in [5, 5.41) is 14.5. The zero-order valence-corrected chi connectivity index (χ0v) is 20.1. The predicted octanol–water partition coefficient (Wildman–Crippen LogP) is 3.26. The highest BCUT2D eigenvalue weighted by atomic mass is 16.3. The van der Waals surface area contributed by atoms with E-state index in [1.165, 1.54) is 5.69 Å². The Bertz CT molecular complexity index is 1470. The summed E-state index contributed by atoms with van der Waals surface area (Å²) < 4.78 is 2.11. The van der Waals surface area contributed by atoms with Gasteiger partial charge in [0.15, 0.2) is 5.82 Å². The monoisotopic (exact) mass is 481 g/mol. The zero-order valence-electron chi connectivity index (χ0n) is 20.1. The molecular weight excluding hydrogens is 454 g/mol. The molecule has 1 amide bonds. The van der Waals surface area contributed by atoms with Crippen LogP contribution in [0.5, 0.6) is 0 Å². The van der Waals surface area contributed by atoms with Crippen molar-refractivity contribution in [2.24, 2.45) is 5.92 Å². The Labute approximate surface area is 208 Å². The standard InChI is InChI=1S/C27H27N7O2/c1-15-4-2-5-19(29-15)25-24(23-6-3-9-34(23)32-25)16-7-8-28-20(12-16)26-30-21-13-33(14-22(21)31-26)27(36)17-10-18(35)11-17/h2,4-5,7-8,12,17-18,35H,3,6,9-11,13-14H2,1H3,(H,30,31). The molecule has 0 radical (unpaired) electrons. The van der Waals surface area contributed by atoms with Crippen LogP contribution in [0.4, 0.5) is 0 Å². The van der Waals surface area contributed by atoms with Gasteiger partial charge < -0.3 is 15.0 Å². The SMILES string of the molecule is Cc1cccc(-c2nn3c(c2-c2ccnc(-c4nc5c([nH]4)CN(C(=O)C4CC(O)C4)C5)c2)CCC3)n1. The van der Waals surface area contributed by atoms with E-state index in [1.54, 1.807) is 0 Å². The number of aliphatic hydroxyl groups is 1. The Morgan fingerprint density at radius 1 is 1.14 bits per heavy atom. The minimum absolute atomic E-state index is 0.0586. The van der Waals surface area contributed by atoms with Crippen LogP contribution in [0.15, 0.2) is 36.5 Å². The molecule has 0 bridgehead atoms. The molecule has 36 heavy (non-hydrogen) atoms. The van der Waals surface area contributed by atoms with E-state index in [0.29, 0.717) is 31.8 Å². The van der Waals surface area contributed by atoms with Crippen LogP contribution in [0.1, 0.15) is 42.0 Å². The van der Waals surface area contributed by atoms with Crippen molar-refractivity contribution in [3.8, 4) is 34.0 Å². The van der Waals surface area contributed by atoms with Crippen molar-refractivity contribution in [1.82, 2.24) is 34.6 Å². The number of pyridine rings is 2. The van der Waals surface area contributed by atoms with Gasteiger partial charge >= 0.3 is 0 Å².